The van der Waals surface area contributed by atoms with Crippen LogP contribution in [0.3, 0.4) is 0 Å². The van der Waals surface area contributed by atoms with Crippen molar-refractivity contribution >= 4 is 28.4 Å². The molecule has 2 heteroatoms. The molecule has 80 valence electrons. The van der Waals surface area contributed by atoms with Crippen LogP contribution in [-0.4, -0.2) is 5.78 Å². The number of ketones is 1. The maximum Gasteiger partial charge on any atom is 0.159 e. The lowest BCUT2D eigenvalue weighted by molar-refractivity contribution is 0.101. The molecule has 0 unspecified atom stereocenters. The van der Waals surface area contributed by atoms with E-state index >= 15 is 0 Å². The van der Waals surface area contributed by atoms with Crippen molar-refractivity contribution in [3.05, 3.63) is 57.7 Å². The molecule has 0 saturated heterocycles. The van der Waals surface area contributed by atoms with Crippen LogP contribution < -0.4 is 0 Å². The van der Waals surface area contributed by atoms with Crippen LogP contribution in [0.25, 0.3) is 11.1 Å². The molecule has 2 aromatic rings. The van der Waals surface area contributed by atoms with Gasteiger partial charge in [-0.05, 0) is 46.7 Å². The number of hydrogen-bond acceptors (Lipinski definition) is 1. The van der Waals surface area contributed by atoms with Crippen LogP contribution in [0.5, 0.6) is 0 Å². The quantitative estimate of drug-likeness (QED) is 0.599. The van der Waals surface area contributed by atoms with Gasteiger partial charge in [-0.3, -0.25) is 4.79 Å². The van der Waals surface area contributed by atoms with E-state index in [0.29, 0.717) is 0 Å². The van der Waals surface area contributed by atoms with E-state index in [-0.39, 0.29) is 5.78 Å². The number of carbonyl (C=O) groups excluding carboxylic acids is 1. The van der Waals surface area contributed by atoms with Gasteiger partial charge in [0, 0.05) is 9.13 Å². The van der Waals surface area contributed by atoms with Crippen molar-refractivity contribution in [3.8, 4) is 11.1 Å². The predicted molar refractivity (Wildman–Crippen MR) is 74.6 cm³/mol. The Bertz CT molecular complexity index is 515. The lowest BCUT2D eigenvalue weighted by atomic mass is 10.0. The molecule has 0 aliphatic heterocycles. The molecule has 2 aromatic carbocycles. The van der Waals surface area contributed by atoms with Crippen LogP contribution in [0.15, 0.2) is 48.5 Å². The molecule has 16 heavy (non-hydrogen) atoms. The zero-order chi connectivity index (χ0) is 11.5. The summed E-state index contributed by atoms with van der Waals surface area (Å²) in [6, 6.07) is 16.0. The van der Waals surface area contributed by atoms with E-state index in [1.54, 1.807) is 6.92 Å². The van der Waals surface area contributed by atoms with Crippen LogP contribution >= 0.6 is 22.6 Å². The minimum Gasteiger partial charge on any atom is -0.295 e. The summed E-state index contributed by atoms with van der Waals surface area (Å²) in [4.78, 5) is 11.2. The third-order valence-corrected chi connectivity index (χ3v) is 3.42. The molecule has 0 N–H and O–H groups in total. The first-order chi connectivity index (χ1) is 7.68. The van der Waals surface area contributed by atoms with Gasteiger partial charge in [-0.15, -0.1) is 0 Å². The second-order valence-corrected chi connectivity index (χ2v) is 4.78. The van der Waals surface area contributed by atoms with Crippen molar-refractivity contribution in [2.45, 2.75) is 6.92 Å². The molecule has 2 rings (SSSR count). The average Bonchev–Trinajstić information content (AvgIpc) is 2.30. The van der Waals surface area contributed by atoms with Crippen LogP contribution in [0.4, 0.5) is 0 Å². The summed E-state index contributed by atoms with van der Waals surface area (Å²) in [6.07, 6.45) is 0. The second kappa shape index (κ2) is 4.78. The molecule has 0 heterocycles. The monoisotopic (exact) mass is 322 g/mol. The average molecular weight is 322 g/mol. The van der Waals surface area contributed by atoms with Crippen LogP contribution in [0.2, 0.25) is 0 Å². The van der Waals surface area contributed by atoms with Gasteiger partial charge in [0.2, 0.25) is 0 Å². The Kier molecular flexibility index (Phi) is 3.39. The van der Waals surface area contributed by atoms with Gasteiger partial charge in [0.05, 0.1) is 0 Å². The maximum absolute atomic E-state index is 11.2. The summed E-state index contributed by atoms with van der Waals surface area (Å²) in [5.74, 6) is 0.106. The third kappa shape index (κ3) is 2.32. The molecule has 0 aliphatic rings. The maximum atomic E-state index is 11.2. The zero-order valence-electron chi connectivity index (χ0n) is 8.91. The summed E-state index contributed by atoms with van der Waals surface area (Å²) in [5.41, 5.74) is 3.11. The molecule has 0 amide bonds. The summed E-state index contributed by atoms with van der Waals surface area (Å²) < 4.78 is 1.22. The third-order valence-electron chi connectivity index (χ3n) is 2.48. The topological polar surface area (TPSA) is 17.1 Å². The first-order valence-electron chi connectivity index (χ1n) is 5.04. The van der Waals surface area contributed by atoms with Crippen molar-refractivity contribution in [2.75, 3.05) is 0 Å². The fourth-order valence-corrected chi connectivity index (χ4v) is 2.28. The molecule has 0 fully saturated rings. The molecule has 0 spiro atoms. The molecule has 0 aromatic heterocycles. The minimum atomic E-state index is 0.106. The first kappa shape index (κ1) is 11.3. The Balaban J connectivity index is 2.43. The van der Waals surface area contributed by atoms with Gasteiger partial charge in [-0.1, -0.05) is 42.5 Å². The SMILES string of the molecule is CC(=O)c1ccc(-c2ccccc2I)cc1. The largest absolute Gasteiger partial charge is 0.295 e. The Labute approximate surface area is 109 Å². The standard InChI is InChI=1S/C14H11IO/c1-10(16)11-6-8-12(9-7-11)13-4-2-3-5-14(13)15/h2-9H,1H3. The van der Waals surface area contributed by atoms with Crippen molar-refractivity contribution in [1.29, 1.82) is 0 Å². The lowest BCUT2D eigenvalue weighted by Gasteiger charge is -2.04. The van der Waals surface area contributed by atoms with E-state index in [4.69, 9.17) is 0 Å². The fraction of sp³-hybridized carbons (Fsp3) is 0.0714. The molecule has 0 radical (unpaired) electrons. The van der Waals surface area contributed by atoms with Crippen molar-refractivity contribution < 1.29 is 4.79 Å². The van der Waals surface area contributed by atoms with Gasteiger partial charge in [0.15, 0.2) is 5.78 Å². The van der Waals surface area contributed by atoms with Crippen LogP contribution in [0, 0.1) is 3.57 Å². The first-order valence-corrected chi connectivity index (χ1v) is 6.12. The number of hydrogen-bond donors (Lipinski definition) is 0. The number of rotatable bonds is 2. The Morgan fingerprint density at radius 3 is 2.19 bits per heavy atom. The molecule has 0 aliphatic carbocycles. The second-order valence-electron chi connectivity index (χ2n) is 3.61. The van der Waals surface area contributed by atoms with E-state index in [9.17, 15) is 4.79 Å². The van der Waals surface area contributed by atoms with E-state index < -0.39 is 0 Å². The number of benzene rings is 2. The van der Waals surface area contributed by atoms with E-state index in [1.807, 2.05) is 36.4 Å². The van der Waals surface area contributed by atoms with Gasteiger partial charge < -0.3 is 0 Å². The highest BCUT2D eigenvalue weighted by Gasteiger charge is 2.03. The van der Waals surface area contributed by atoms with Crippen molar-refractivity contribution in [3.63, 3.8) is 0 Å². The molecular weight excluding hydrogens is 311 g/mol. The summed E-state index contributed by atoms with van der Waals surface area (Å²) in [6.45, 7) is 1.58. The molecule has 0 bridgehead atoms. The summed E-state index contributed by atoms with van der Waals surface area (Å²) >= 11 is 2.32. The van der Waals surface area contributed by atoms with Crippen LogP contribution in [-0.2, 0) is 0 Å². The summed E-state index contributed by atoms with van der Waals surface area (Å²) in [7, 11) is 0. The molecule has 0 saturated carbocycles. The lowest BCUT2D eigenvalue weighted by Crippen LogP contribution is -1.91. The van der Waals surface area contributed by atoms with E-state index in [2.05, 4.69) is 34.7 Å². The number of halogens is 1. The van der Waals surface area contributed by atoms with E-state index in [1.165, 1.54) is 9.13 Å². The van der Waals surface area contributed by atoms with Crippen molar-refractivity contribution in [1.82, 2.24) is 0 Å². The number of carbonyl (C=O) groups is 1. The highest BCUT2D eigenvalue weighted by atomic mass is 127. The fourth-order valence-electron chi connectivity index (χ4n) is 1.58. The predicted octanol–water partition coefficient (Wildman–Crippen LogP) is 4.16. The Morgan fingerprint density at radius 2 is 1.62 bits per heavy atom. The van der Waals surface area contributed by atoms with Gasteiger partial charge in [0.25, 0.3) is 0 Å². The van der Waals surface area contributed by atoms with Gasteiger partial charge in [-0.25, -0.2) is 0 Å². The zero-order valence-corrected chi connectivity index (χ0v) is 11.1. The summed E-state index contributed by atoms with van der Waals surface area (Å²) in [5, 5.41) is 0. The molecule has 0 atom stereocenters. The van der Waals surface area contributed by atoms with E-state index in [0.717, 1.165) is 11.1 Å². The highest BCUT2D eigenvalue weighted by molar-refractivity contribution is 14.1. The number of Topliss-reactive ketones (excluding diaryl/α,β-unsaturated/α-hetero) is 1. The Hall–Kier alpha value is -1.16. The van der Waals surface area contributed by atoms with Crippen molar-refractivity contribution in [2.24, 2.45) is 0 Å². The Morgan fingerprint density at radius 1 is 1.00 bits per heavy atom. The van der Waals surface area contributed by atoms with Gasteiger partial charge in [-0.2, -0.15) is 0 Å². The normalized spacial score (nSPS) is 10.1. The smallest absolute Gasteiger partial charge is 0.159 e. The van der Waals surface area contributed by atoms with Crippen LogP contribution in [0.1, 0.15) is 17.3 Å². The van der Waals surface area contributed by atoms with Gasteiger partial charge in [0.1, 0.15) is 0 Å². The van der Waals surface area contributed by atoms with Gasteiger partial charge >= 0.3 is 0 Å². The minimum absolute atomic E-state index is 0.106. The highest BCUT2D eigenvalue weighted by Crippen LogP contribution is 2.25. The molecule has 1 nitrogen and oxygen atoms in total. The molecular formula is C14H11IO.